The lowest BCUT2D eigenvalue weighted by molar-refractivity contribution is -0.0171. The highest BCUT2D eigenvalue weighted by molar-refractivity contribution is 9.10. The topological polar surface area (TPSA) is 81.0 Å². The Morgan fingerprint density at radius 3 is 2.38 bits per heavy atom. The smallest absolute Gasteiger partial charge is 0.408 e. The van der Waals surface area contributed by atoms with Gasteiger partial charge in [0.05, 0.1) is 12.6 Å². The number of amides is 1. The van der Waals surface area contributed by atoms with Gasteiger partial charge >= 0.3 is 6.09 Å². The van der Waals surface area contributed by atoms with Crippen molar-refractivity contribution in [1.29, 1.82) is 0 Å². The molecule has 0 saturated heterocycles. The Balaban J connectivity index is 3.44. The Morgan fingerprint density at radius 2 is 2.00 bits per heavy atom. The second kappa shape index (κ2) is 6.96. The fraction of sp³-hybridized carbons (Fsp3) is 0.500. The Morgan fingerprint density at radius 1 is 1.43 bits per heavy atom. The first kappa shape index (κ1) is 18.2. The quantitative estimate of drug-likeness (QED) is 0.749. The zero-order valence-electron chi connectivity index (χ0n) is 12.0. The number of carbonyl (C=O) groups is 1. The molecular weight excluding hydrogens is 362 g/mol. The van der Waals surface area contributed by atoms with Gasteiger partial charge in [0.15, 0.2) is 0 Å². The molecule has 2 atom stereocenters. The molecule has 118 valence electrons. The van der Waals surface area contributed by atoms with Crippen molar-refractivity contribution in [3.05, 3.63) is 33.3 Å². The van der Waals surface area contributed by atoms with Crippen LogP contribution in [0.15, 0.2) is 22.7 Å². The number of aliphatic hydroxyl groups is 2. The van der Waals surface area contributed by atoms with Gasteiger partial charge in [-0.1, -0.05) is 33.6 Å². The molecule has 3 N–H and O–H groups in total. The first-order valence-electron chi connectivity index (χ1n) is 6.35. The van der Waals surface area contributed by atoms with E-state index in [-0.39, 0.29) is 0 Å². The summed E-state index contributed by atoms with van der Waals surface area (Å²) >= 11 is 9.23. The van der Waals surface area contributed by atoms with Gasteiger partial charge in [-0.3, -0.25) is 4.90 Å². The highest BCUT2D eigenvalue weighted by atomic mass is 79.9. The predicted octanol–water partition coefficient (Wildman–Crippen LogP) is 3.28. The summed E-state index contributed by atoms with van der Waals surface area (Å²) in [7, 11) is 0. The fourth-order valence-corrected chi connectivity index (χ4v) is 3.10. The van der Waals surface area contributed by atoms with E-state index in [0.717, 1.165) is 4.90 Å². The average molecular weight is 381 g/mol. The van der Waals surface area contributed by atoms with Crippen LogP contribution in [-0.2, 0) is 0 Å². The zero-order chi connectivity index (χ0) is 16.4. The molecule has 0 bridgehead atoms. The summed E-state index contributed by atoms with van der Waals surface area (Å²) in [5.74, 6) is 0. The molecule has 7 heteroatoms. The molecule has 0 fully saturated rings. The summed E-state index contributed by atoms with van der Waals surface area (Å²) in [6.07, 6.45) is -2.43. The van der Waals surface area contributed by atoms with Gasteiger partial charge in [0.2, 0.25) is 0 Å². The largest absolute Gasteiger partial charge is 0.465 e. The van der Waals surface area contributed by atoms with Gasteiger partial charge in [-0.2, -0.15) is 0 Å². The van der Waals surface area contributed by atoms with Crippen molar-refractivity contribution in [3.63, 3.8) is 0 Å². The van der Waals surface area contributed by atoms with Crippen molar-refractivity contribution in [3.8, 4) is 0 Å². The SMILES string of the molecule is CC(C)(C)N(C(=O)O)[C@H](c1ccc(Cl)cc1Br)C(O)CO. The molecule has 1 amide bonds. The standard InChI is InChI=1S/C14H19BrClNO4/c1-14(2,3)17(13(20)21)12(11(19)7-18)9-5-4-8(16)6-10(9)15/h4-6,11-12,18-19H,7H2,1-3H3,(H,20,21)/t11?,12-/m1/s1. The number of nitrogens with zero attached hydrogens (tertiary/aromatic N) is 1. The van der Waals surface area contributed by atoms with Crippen molar-refractivity contribution in [2.45, 2.75) is 38.5 Å². The molecule has 0 aliphatic carbocycles. The molecule has 0 heterocycles. The van der Waals surface area contributed by atoms with E-state index in [1.54, 1.807) is 39.0 Å². The molecule has 1 unspecified atom stereocenters. The zero-order valence-corrected chi connectivity index (χ0v) is 14.4. The lowest BCUT2D eigenvalue weighted by Gasteiger charge is -2.41. The Bertz CT molecular complexity index is 518. The van der Waals surface area contributed by atoms with Crippen LogP contribution in [0.2, 0.25) is 5.02 Å². The molecular formula is C14H19BrClNO4. The third-order valence-electron chi connectivity index (χ3n) is 3.04. The number of carboxylic acid groups (broad SMARTS) is 1. The summed E-state index contributed by atoms with van der Waals surface area (Å²) < 4.78 is 0.572. The highest BCUT2D eigenvalue weighted by Gasteiger charge is 2.38. The van der Waals surface area contributed by atoms with Crippen LogP contribution in [0.5, 0.6) is 0 Å². The number of benzene rings is 1. The Hall–Kier alpha value is -0.820. The molecule has 1 aromatic rings. The lowest BCUT2D eigenvalue weighted by atomic mass is 9.94. The predicted molar refractivity (Wildman–Crippen MR) is 84.6 cm³/mol. The van der Waals surface area contributed by atoms with Crippen LogP contribution in [-0.4, -0.2) is 44.6 Å². The molecule has 0 spiro atoms. The van der Waals surface area contributed by atoms with Gasteiger partial charge < -0.3 is 15.3 Å². The van der Waals surface area contributed by atoms with Crippen molar-refractivity contribution >= 4 is 33.6 Å². The maximum absolute atomic E-state index is 11.7. The third-order valence-corrected chi connectivity index (χ3v) is 3.96. The highest BCUT2D eigenvalue weighted by Crippen LogP contribution is 2.36. The first-order valence-corrected chi connectivity index (χ1v) is 7.52. The summed E-state index contributed by atoms with van der Waals surface area (Å²) in [4.78, 5) is 12.8. The van der Waals surface area contributed by atoms with E-state index in [1.165, 1.54) is 0 Å². The van der Waals surface area contributed by atoms with Crippen LogP contribution in [0, 0.1) is 0 Å². The molecule has 0 radical (unpaired) electrons. The van der Waals surface area contributed by atoms with Crippen LogP contribution < -0.4 is 0 Å². The number of aliphatic hydroxyl groups excluding tert-OH is 2. The normalized spacial score (nSPS) is 14.6. The van der Waals surface area contributed by atoms with Crippen LogP contribution in [0.1, 0.15) is 32.4 Å². The average Bonchev–Trinajstić information content (AvgIpc) is 2.33. The van der Waals surface area contributed by atoms with Crippen molar-refractivity contribution < 1.29 is 20.1 Å². The van der Waals surface area contributed by atoms with E-state index in [0.29, 0.717) is 15.1 Å². The van der Waals surface area contributed by atoms with Gasteiger partial charge in [0, 0.05) is 15.0 Å². The van der Waals surface area contributed by atoms with Gasteiger partial charge in [-0.15, -0.1) is 0 Å². The second-order valence-corrected chi connectivity index (χ2v) is 6.97. The minimum absolute atomic E-state index is 0.487. The third kappa shape index (κ3) is 4.32. The number of hydrogen-bond donors (Lipinski definition) is 3. The van der Waals surface area contributed by atoms with Gasteiger partial charge in [-0.05, 0) is 38.5 Å². The molecule has 0 aliphatic rings. The Kier molecular flexibility index (Phi) is 6.04. The van der Waals surface area contributed by atoms with Crippen molar-refractivity contribution in [1.82, 2.24) is 4.90 Å². The molecule has 0 saturated carbocycles. The molecule has 0 aromatic heterocycles. The molecule has 0 aliphatic heterocycles. The number of hydrogen-bond acceptors (Lipinski definition) is 3. The van der Waals surface area contributed by atoms with Crippen LogP contribution in [0.4, 0.5) is 4.79 Å². The lowest BCUT2D eigenvalue weighted by Crippen LogP contribution is -2.51. The van der Waals surface area contributed by atoms with E-state index >= 15 is 0 Å². The molecule has 1 rings (SSSR count). The van der Waals surface area contributed by atoms with Crippen LogP contribution in [0.3, 0.4) is 0 Å². The minimum atomic E-state index is -1.25. The van der Waals surface area contributed by atoms with Crippen LogP contribution >= 0.6 is 27.5 Å². The maximum Gasteiger partial charge on any atom is 0.408 e. The molecule has 5 nitrogen and oxygen atoms in total. The van der Waals surface area contributed by atoms with Gasteiger partial charge in [-0.25, -0.2) is 4.79 Å². The number of halogens is 2. The van der Waals surface area contributed by atoms with Gasteiger partial charge in [0.1, 0.15) is 6.10 Å². The maximum atomic E-state index is 11.7. The summed E-state index contributed by atoms with van der Waals surface area (Å²) in [6.45, 7) is 4.62. The monoisotopic (exact) mass is 379 g/mol. The summed E-state index contributed by atoms with van der Waals surface area (Å²) in [5, 5.41) is 29.4. The van der Waals surface area contributed by atoms with Crippen molar-refractivity contribution in [2.75, 3.05) is 6.61 Å². The number of rotatable bonds is 4. The summed E-state index contributed by atoms with van der Waals surface area (Å²) in [5.41, 5.74) is -0.218. The van der Waals surface area contributed by atoms with E-state index < -0.39 is 30.4 Å². The second-order valence-electron chi connectivity index (χ2n) is 5.68. The van der Waals surface area contributed by atoms with E-state index in [2.05, 4.69) is 15.9 Å². The van der Waals surface area contributed by atoms with E-state index in [9.17, 15) is 20.1 Å². The van der Waals surface area contributed by atoms with E-state index in [1.807, 2.05) is 0 Å². The van der Waals surface area contributed by atoms with Gasteiger partial charge in [0.25, 0.3) is 0 Å². The minimum Gasteiger partial charge on any atom is -0.465 e. The van der Waals surface area contributed by atoms with Crippen LogP contribution in [0.25, 0.3) is 0 Å². The first-order chi connectivity index (χ1) is 9.59. The van der Waals surface area contributed by atoms with E-state index in [4.69, 9.17) is 11.6 Å². The van der Waals surface area contributed by atoms with Crippen molar-refractivity contribution in [2.24, 2.45) is 0 Å². The molecule has 21 heavy (non-hydrogen) atoms. The summed E-state index contributed by atoms with van der Waals surface area (Å²) in [6, 6.07) is 3.95. The Labute approximate surface area is 137 Å². The fourth-order valence-electron chi connectivity index (χ4n) is 2.18. The molecule has 1 aromatic carbocycles.